The van der Waals surface area contributed by atoms with Gasteiger partial charge in [0.05, 0.1) is 23.3 Å². The standard InChI is InChI=1S/C25H28ClFN3O2/c1-15(29(2)3)16-6-9-30(10-7-16)23-5-8-28-22-14-21(27)18(13-19(22)23)17-11-20(26)25(31)24(12-17)32-4/h8,11-16,31H,6-7,9-10H2,1-4H3. The summed E-state index contributed by atoms with van der Waals surface area (Å²) in [5, 5.41) is 11.0. The van der Waals surface area contributed by atoms with Crippen LogP contribution in [0, 0.1) is 17.8 Å². The number of ether oxygens (including phenoxy) is 1. The van der Waals surface area contributed by atoms with Crippen LogP contribution in [0.15, 0.2) is 30.5 Å². The Bertz CT molecular complexity index is 1130. The number of halogens is 2. The van der Waals surface area contributed by atoms with E-state index >= 15 is 4.39 Å². The Hall–Kier alpha value is -2.57. The highest BCUT2D eigenvalue weighted by molar-refractivity contribution is 6.32. The molecular weight excluding hydrogens is 429 g/mol. The number of aromatic hydroxyl groups is 1. The molecule has 1 atom stereocenters. The van der Waals surface area contributed by atoms with Crippen molar-refractivity contribution in [2.75, 3.05) is 39.2 Å². The molecule has 0 saturated carbocycles. The number of phenols is 1. The fraction of sp³-hybridized carbons (Fsp3) is 0.400. The van der Waals surface area contributed by atoms with Gasteiger partial charge in [0.15, 0.2) is 11.5 Å². The van der Waals surface area contributed by atoms with Gasteiger partial charge < -0.3 is 19.6 Å². The van der Waals surface area contributed by atoms with Gasteiger partial charge in [-0.3, -0.25) is 4.98 Å². The van der Waals surface area contributed by atoms with Crippen molar-refractivity contribution in [3.8, 4) is 22.6 Å². The maximum atomic E-state index is 15.0. The van der Waals surface area contributed by atoms with Crippen LogP contribution in [0.5, 0.6) is 11.5 Å². The average molecular weight is 457 g/mol. The topological polar surface area (TPSA) is 48.8 Å². The van der Waals surface area contributed by atoms with Gasteiger partial charge in [-0.15, -0.1) is 0 Å². The van der Waals surface area contributed by atoms with E-state index in [-0.39, 0.29) is 16.5 Å². The van der Waals surface area contributed by atoms with Crippen LogP contribution in [0.25, 0.3) is 22.0 Å². The van der Waals surface area contributed by atoms with E-state index in [0.717, 1.165) is 37.0 Å². The lowest BCUT2D eigenvalue weighted by Gasteiger charge is -2.38. The van der Waals surface area contributed by atoms with Gasteiger partial charge in [-0.1, -0.05) is 11.6 Å². The van der Waals surface area contributed by atoms with Crippen molar-refractivity contribution in [3.05, 3.63) is 47.4 Å². The summed E-state index contributed by atoms with van der Waals surface area (Å²) in [6.07, 6.45) is 3.80. The molecule has 1 aliphatic heterocycles. The Labute approximate surface area is 193 Å². The van der Waals surface area contributed by atoms with Crippen molar-refractivity contribution >= 4 is 28.2 Å². The van der Waals surface area contributed by atoms with Gasteiger partial charge in [0.25, 0.3) is 0 Å². The number of fused-ring (bicyclic) bond motifs is 1. The molecule has 2 heterocycles. The van der Waals surface area contributed by atoms with Crippen LogP contribution in [0.1, 0.15) is 19.8 Å². The van der Waals surface area contributed by atoms with Crippen LogP contribution in [-0.4, -0.2) is 55.3 Å². The summed E-state index contributed by atoms with van der Waals surface area (Å²) in [7, 11) is 5.69. The van der Waals surface area contributed by atoms with Gasteiger partial charge in [-0.05, 0) is 63.5 Å². The fourth-order valence-corrected chi connectivity index (χ4v) is 4.71. The third-order valence-corrected chi connectivity index (χ3v) is 6.95. The minimum atomic E-state index is -0.413. The minimum Gasteiger partial charge on any atom is -0.503 e. The summed E-state index contributed by atoms with van der Waals surface area (Å²) in [6, 6.07) is 10.2. The molecule has 0 aliphatic carbocycles. The van der Waals surface area contributed by atoms with Gasteiger partial charge in [0, 0.05) is 48.4 Å². The van der Waals surface area contributed by atoms with Crippen molar-refractivity contribution in [2.24, 2.45) is 5.92 Å². The van der Waals surface area contributed by atoms with Crippen molar-refractivity contribution < 1.29 is 14.2 Å². The van der Waals surface area contributed by atoms with Crippen molar-refractivity contribution in [3.63, 3.8) is 0 Å². The Morgan fingerprint density at radius 1 is 1.25 bits per heavy atom. The fourth-order valence-electron chi connectivity index (χ4n) is 4.49. The maximum absolute atomic E-state index is 15.0. The van der Waals surface area contributed by atoms with E-state index in [1.165, 1.54) is 19.2 Å². The first-order valence-corrected chi connectivity index (χ1v) is 11.2. The lowest BCUT2D eigenvalue weighted by molar-refractivity contribution is 0.199. The zero-order valence-electron chi connectivity index (χ0n) is 18.8. The van der Waals surface area contributed by atoms with Crippen molar-refractivity contribution in [1.29, 1.82) is 0 Å². The zero-order valence-corrected chi connectivity index (χ0v) is 19.6. The quantitative estimate of drug-likeness (QED) is 0.559. The normalized spacial score (nSPS) is 16.0. The van der Waals surface area contributed by atoms with E-state index in [1.54, 1.807) is 18.3 Å². The molecule has 169 valence electrons. The average Bonchev–Trinajstić information content (AvgIpc) is 2.79. The van der Waals surface area contributed by atoms with E-state index in [4.69, 9.17) is 16.3 Å². The molecule has 1 aromatic heterocycles. The number of pyridine rings is 1. The van der Waals surface area contributed by atoms with Crippen LogP contribution in [-0.2, 0) is 0 Å². The predicted molar refractivity (Wildman–Crippen MR) is 127 cm³/mol. The molecule has 32 heavy (non-hydrogen) atoms. The smallest absolute Gasteiger partial charge is 0.176 e. The lowest BCUT2D eigenvalue weighted by Crippen LogP contribution is -2.41. The second kappa shape index (κ2) is 9.12. The Kier molecular flexibility index (Phi) is 6.45. The molecule has 0 amide bonds. The molecule has 7 heteroatoms. The van der Waals surface area contributed by atoms with E-state index in [2.05, 4.69) is 41.9 Å². The van der Waals surface area contributed by atoms with Gasteiger partial charge in [0.1, 0.15) is 5.82 Å². The van der Waals surface area contributed by atoms with Crippen LogP contribution < -0.4 is 9.64 Å². The summed E-state index contributed by atoms with van der Waals surface area (Å²) >= 11 is 6.15. The van der Waals surface area contributed by atoms with E-state index in [1.807, 2.05) is 0 Å². The second-order valence-corrected chi connectivity index (χ2v) is 9.05. The number of piperidine rings is 1. The van der Waals surface area contributed by atoms with Gasteiger partial charge in [-0.2, -0.15) is 0 Å². The van der Waals surface area contributed by atoms with E-state index in [9.17, 15) is 5.11 Å². The number of hydrogen-bond donors (Lipinski definition) is 1. The predicted octanol–water partition coefficient (Wildman–Crippen LogP) is 5.38. The van der Waals surface area contributed by atoms with Crippen LogP contribution >= 0.6 is 11.6 Å². The van der Waals surface area contributed by atoms with E-state index < -0.39 is 5.82 Å². The van der Waals surface area contributed by atoms with Crippen molar-refractivity contribution in [2.45, 2.75) is 25.8 Å². The minimum absolute atomic E-state index is 0.105. The SMILES string of the molecule is COc1cc(-c2cc3c(N4CCC(C(C)N(C)C)CC4)[c]cnc3cc2F)cc(Cl)c1O. The number of hydrogen-bond acceptors (Lipinski definition) is 5. The summed E-state index contributed by atoms with van der Waals surface area (Å²) in [4.78, 5) is 8.94. The molecule has 0 spiro atoms. The first kappa shape index (κ1) is 22.6. The van der Waals surface area contributed by atoms with Gasteiger partial charge >= 0.3 is 0 Å². The molecule has 3 aromatic rings. The largest absolute Gasteiger partial charge is 0.503 e. The highest BCUT2D eigenvalue weighted by Gasteiger charge is 2.26. The third kappa shape index (κ3) is 4.21. The van der Waals surface area contributed by atoms with E-state index in [0.29, 0.717) is 28.6 Å². The maximum Gasteiger partial charge on any atom is 0.176 e. The number of benzene rings is 2. The highest BCUT2D eigenvalue weighted by Crippen LogP contribution is 2.40. The molecule has 5 nitrogen and oxygen atoms in total. The van der Waals surface area contributed by atoms with Crippen LogP contribution in [0.2, 0.25) is 5.02 Å². The third-order valence-electron chi connectivity index (χ3n) is 6.66. The van der Waals surface area contributed by atoms with Crippen molar-refractivity contribution in [1.82, 2.24) is 9.88 Å². The molecule has 1 unspecified atom stereocenters. The summed E-state index contributed by atoms with van der Waals surface area (Å²) in [5.74, 6) is 0.269. The molecule has 1 fully saturated rings. The van der Waals surface area contributed by atoms with Crippen LogP contribution in [0.4, 0.5) is 10.1 Å². The molecule has 1 radical (unpaired) electrons. The lowest BCUT2D eigenvalue weighted by atomic mass is 9.89. The molecular formula is C25H28ClFN3O2. The van der Waals surface area contributed by atoms with Crippen LogP contribution in [0.3, 0.4) is 0 Å². The summed E-state index contributed by atoms with van der Waals surface area (Å²) < 4.78 is 20.2. The summed E-state index contributed by atoms with van der Waals surface area (Å²) in [5.41, 5.74) is 2.42. The second-order valence-electron chi connectivity index (χ2n) is 8.64. The number of nitrogens with zero attached hydrogens (tertiary/aromatic N) is 3. The Morgan fingerprint density at radius 3 is 2.62 bits per heavy atom. The molecule has 1 saturated heterocycles. The first-order valence-electron chi connectivity index (χ1n) is 10.8. The number of phenolic OH excluding ortho intramolecular Hbond substituents is 1. The highest BCUT2D eigenvalue weighted by atomic mass is 35.5. The molecule has 2 aromatic carbocycles. The number of rotatable bonds is 5. The monoisotopic (exact) mass is 456 g/mol. The number of methoxy groups -OCH3 is 1. The number of anilines is 1. The molecule has 1 N–H and O–H groups in total. The number of aromatic nitrogens is 1. The van der Waals surface area contributed by atoms with Gasteiger partial charge in [0.2, 0.25) is 0 Å². The van der Waals surface area contributed by atoms with Gasteiger partial charge in [-0.25, -0.2) is 4.39 Å². The molecule has 1 aliphatic rings. The Morgan fingerprint density at radius 2 is 1.97 bits per heavy atom. The molecule has 4 rings (SSSR count). The molecule has 0 bridgehead atoms. The summed E-state index contributed by atoms with van der Waals surface area (Å²) in [6.45, 7) is 4.12. The first-order chi connectivity index (χ1) is 15.3. The Balaban J connectivity index is 1.72. The zero-order chi connectivity index (χ0) is 23.0.